The summed E-state index contributed by atoms with van der Waals surface area (Å²) < 4.78 is 35.5. The molecule has 0 aromatic carbocycles. The maximum Gasteiger partial charge on any atom is 0.334 e. The molecule has 0 saturated carbocycles. The van der Waals surface area contributed by atoms with Crippen molar-refractivity contribution in [2.75, 3.05) is 19.1 Å². The highest BCUT2D eigenvalue weighted by molar-refractivity contribution is 7.98. The quantitative estimate of drug-likeness (QED) is 0.490. The number of carbonyl (C=O) groups is 1. The summed E-state index contributed by atoms with van der Waals surface area (Å²) in [5.74, 6) is -0.126. The zero-order valence-electron chi connectivity index (χ0n) is 7.89. The number of methoxy groups -OCH3 is 1. The van der Waals surface area contributed by atoms with E-state index in [2.05, 4.69) is 4.74 Å². The van der Waals surface area contributed by atoms with Crippen LogP contribution in [0.25, 0.3) is 0 Å². The molecule has 14 heavy (non-hydrogen) atoms. The SMILES string of the molecule is COC(=O)[C@H](CCSC)NS(=O)(=O)O. The van der Waals surface area contributed by atoms with Gasteiger partial charge in [0.2, 0.25) is 0 Å². The lowest BCUT2D eigenvalue weighted by atomic mass is 10.2. The predicted molar refractivity (Wildman–Crippen MR) is 53.5 cm³/mol. The molecule has 0 amide bonds. The van der Waals surface area contributed by atoms with E-state index in [1.54, 1.807) is 4.72 Å². The van der Waals surface area contributed by atoms with Crippen molar-refractivity contribution in [1.82, 2.24) is 4.72 Å². The van der Waals surface area contributed by atoms with E-state index in [1.165, 1.54) is 11.8 Å². The fraction of sp³-hybridized carbons (Fsp3) is 0.833. The topological polar surface area (TPSA) is 92.7 Å². The largest absolute Gasteiger partial charge is 0.468 e. The van der Waals surface area contributed by atoms with Gasteiger partial charge in [-0.1, -0.05) is 0 Å². The van der Waals surface area contributed by atoms with Gasteiger partial charge in [0.1, 0.15) is 6.04 Å². The van der Waals surface area contributed by atoms with Crippen molar-refractivity contribution in [1.29, 1.82) is 0 Å². The molecule has 0 unspecified atom stereocenters. The van der Waals surface area contributed by atoms with Crippen molar-refractivity contribution in [3.63, 3.8) is 0 Å². The minimum atomic E-state index is -4.37. The molecule has 0 saturated heterocycles. The second kappa shape index (κ2) is 6.23. The highest BCUT2D eigenvalue weighted by Gasteiger charge is 2.23. The number of esters is 1. The van der Waals surface area contributed by atoms with E-state index in [0.717, 1.165) is 7.11 Å². The first-order valence-corrected chi connectivity index (χ1v) is 6.55. The molecule has 0 aliphatic heterocycles. The highest BCUT2D eigenvalue weighted by Crippen LogP contribution is 2.03. The number of hydrogen-bond acceptors (Lipinski definition) is 5. The lowest BCUT2D eigenvalue weighted by molar-refractivity contribution is -0.142. The van der Waals surface area contributed by atoms with Crippen molar-refractivity contribution in [3.8, 4) is 0 Å². The molecule has 0 aliphatic rings. The first-order chi connectivity index (χ1) is 6.40. The lowest BCUT2D eigenvalue weighted by Gasteiger charge is -2.13. The van der Waals surface area contributed by atoms with Gasteiger partial charge in [-0.05, 0) is 18.4 Å². The molecule has 0 bridgehead atoms. The van der Waals surface area contributed by atoms with E-state index in [4.69, 9.17) is 4.55 Å². The van der Waals surface area contributed by atoms with E-state index in [0.29, 0.717) is 5.75 Å². The average Bonchev–Trinajstić information content (AvgIpc) is 2.09. The third-order valence-electron chi connectivity index (χ3n) is 1.39. The van der Waals surface area contributed by atoms with E-state index in [9.17, 15) is 13.2 Å². The van der Waals surface area contributed by atoms with Crippen molar-refractivity contribution in [2.45, 2.75) is 12.5 Å². The van der Waals surface area contributed by atoms with Crippen LogP contribution in [0.2, 0.25) is 0 Å². The summed E-state index contributed by atoms with van der Waals surface area (Å²) in [4.78, 5) is 11.0. The molecule has 0 radical (unpaired) electrons. The van der Waals surface area contributed by atoms with Gasteiger partial charge < -0.3 is 4.74 Å². The molecule has 8 heteroatoms. The van der Waals surface area contributed by atoms with Gasteiger partial charge >= 0.3 is 16.3 Å². The van der Waals surface area contributed by atoms with Crippen LogP contribution in [0, 0.1) is 0 Å². The zero-order chi connectivity index (χ0) is 11.2. The number of thioether (sulfide) groups is 1. The van der Waals surface area contributed by atoms with Gasteiger partial charge in [-0.25, -0.2) is 0 Å². The second-order valence-electron chi connectivity index (χ2n) is 2.45. The maximum atomic E-state index is 11.0. The van der Waals surface area contributed by atoms with Gasteiger partial charge in [-0.2, -0.15) is 24.9 Å². The lowest BCUT2D eigenvalue weighted by Crippen LogP contribution is -2.41. The molecule has 0 aliphatic carbocycles. The van der Waals surface area contributed by atoms with Crippen LogP contribution in [0.3, 0.4) is 0 Å². The van der Waals surface area contributed by atoms with Gasteiger partial charge in [-0.3, -0.25) is 9.35 Å². The van der Waals surface area contributed by atoms with Crippen molar-refractivity contribution < 1.29 is 22.5 Å². The van der Waals surface area contributed by atoms with Crippen LogP contribution in [-0.4, -0.2) is 44.1 Å². The van der Waals surface area contributed by atoms with Crippen LogP contribution in [0.15, 0.2) is 0 Å². The molecule has 0 spiro atoms. The minimum absolute atomic E-state index is 0.271. The fourth-order valence-electron chi connectivity index (χ4n) is 0.783. The summed E-state index contributed by atoms with van der Waals surface area (Å²) in [6.07, 6.45) is 2.09. The molecule has 0 aromatic rings. The summed E-state index contributed by atoms with van der Waals surface area (Å²) in [6, 6.07) is -1.03. The molecule has 1 atom stereocenters. The standard InChI is InChI=1S/C6H13NO5S2/c1-12-6(8)5(3-4-13-2)7-14(9,10)11/h5,7H,3-4H2,1-2H3,(H,9,10,11)/t5-/m0/s1. The molecular formula is C6H13NO5S2. The monoisotopic (exact) mass is 243 g/mol. The Hall–Kier alpha value is -0.310. The van der Waals surface area contributed by atoms with E-state index < -0.39 is 22.3 Å². The second-order valence-corrected chi connectivity index (χ2v) is 4.62. The van der Waals surface area contributed by atoms with Crippen LogP contribution in [0.5, 0.6) is 0 Å². The van der Waals surface area contributed by atoms with Gasteiger partial charge in [0.15, 0.2) is 0 Å². The fourth-order valence-corrected chi connectivity index (χ4v) is 1.83. The van der Waals surface area contributed by atoms with Gasteiger partial charge in [0.05, 0.1) is 7.11 Å². The van der Waals surface area contributed by atoms with Crippen molar-refractivity contribution >= 4 is 28.0 Å². The smallest absolute Gasteiger partial charge is 0.334 e. The molecule has 2 N–H and O–H groups in total. The Balaban J connectivity index is 4.32. The Bertz CT molecular complexity index is 276. The van der Waals surface area contributed by atoms with Crippen LogP contribution >= 0.6 is 11.8 Å². The molecule has 0 aromatic heterocycles. The molecule has 0 heterocycles. The molecular weight excluding hydrogens is 230 g/mol. The third-order valence-corrected chi connectivity index (χ3v) is 2.61. The third kappa shape index (κ3) is 6.19. The molecule has 84 valence electrons. The number of carbonyl (C=O) groups excluding carboxylic acids is 1. The minimum Gasteiger partial charge on any atom is -0.468 e. The Morgan fingerprint density at radius 2 is 2.21 bits per heavy atom. The first-order valence-electron chi connectivity index (χ1n) is 3.72. The number of hydrogen-bond donors (Lipinski definition) is 2. The zero-order valence-corrected chi connectivity index (χ0v) is 9.52. The van der Waals surface area contributed by atoms with Crippen molar-refractivity contribution in [3.05, 3.63) is 0 Å². The highest BCUT2D eigenvalue weighted by atomic mass is 32.2. The van der Waals surface area contributed by atoms with Gasteiger partial charge in [0.25, 0.3) is 0 Å². The first kappa shape index (κ1) is 13.7. The van der Waals surface area contributed by atoms with Crippen LogP contribution in [0.1, 0.15) is 6.42 Å². The van der Waals surface area contributed by atoms with Crippen LogP contribution < -0.4 is 4.72 Å². The van der Waals surface area contributed by atoms with Gasteiger partial charge in [0, 0.05) is 0 Å². The number of ether oxygens (including phenoxy) is 1. The normalized spacial score (nSPS) is 13.6. The molecule has 0 rings (SSSR count). The number of rotatable bonds is 6. The summed E-state index contributed by atoms with van der Waals surface area (Å²) in [7, 11) is -3.22. The maximum absolute atomic E-state index is 11.0. The Morgan fingerprint density at radius 1 is 1.64 bits per heavy atom. The summed E-state index contributed by atoms with van der Waals surface area (Å²) in [6.45, 7) is 0. The summed E-state index contributed by atoms with van der Waals surface area (Å²) in [5.41, 5.74) is 0. The van der Waals surface area contributed by atoms with Crippen molar-refractivity contribution in [2.24, 2.45) is 0 Å². The summed E-state index contributed by atoms with van der Waals surface area (Å²) >= 11 is 1.46. The number of nitrogens with one attached hydrogen (secondary N) is 1. The molecule has 6 nitrogen and oxygen atoms in total. The Morgan fingerprint density at radius 3 is 2.57 bits per heavy atom. The summed E-state index contributed by atoms with van der Waals surface area (Å²) in [5, 5.41) is 0. The van der Waals surface area contributed by atoms with E-state index in [1.807, 2.05) is 6.26 Å². The van der Waals surface area contributed by atoms with Crippen LogP contribution in [0.4, 0.5) is 0 Å². The Kier molecular flexibility index (Phi) is 6.09. The molecule has 0 fully saturated rings. The van der Waals surface area contributed by atoms with E-state index in [-0.39, 0.29) is 6.42 Å². The van der Waals surface area contributed by atoms with Crippen LogP contribution in [-0.2, 0) is 19.8 Å². The Labute approximate surface area is 87.3 Å². The average molecular weight is 243 g/mol. The van der Waals surface area contributed by atoms with E-state index >= 15 is 0 Å². The predicted octanol–water partition coefficient (Wildman–Crippen LogP) is -0.326. The van der Waals surface area contributed by atoms with Gasteiger partial charge in [-0.15, -0.1) is 0 Å².